The Bertz CT molecular complexity index is 326. The molecule has 0 bridgehead atoms. The predicted octanol–water partition coefficient (Wildman–Crippen LogP) is 6.42. The highest BCUT2D eigenvalue weighted by molar-refractivity contribution is 9.09. The van der Waals surface area contributed by atoms with Gasteiger partial charge in [0, 0.05) is 6.54 Å². The molecule has 0 radical (unpaired) electrons. The SMILES string of the molecule is CCCCCCCCCCCC(Br)NCc1ccccc1. The van der Waals surface area contributed by atoms with E-state index in [0.29, 0.717) is 4.95 Å². The molecule has 1 aromatic carbocycles. The summed E-state index contributed by atoms with van der Waals surface area (Å²) in [5.74, 6) is 0. The van der Waals surface area contributed by atoms with Gasteiger partial charge >= 0.3 is 0 Å². The van der Waals surface area contributed by atoms with E-state index in [2.05, 4.69) is 58.5 Å². The molecule has 21 heavy (non-hydrogen) atoms. The first-order chi connectivity index (χ1) is 10.3. The number of hydrogen-bond acceptors (Lipinski definition) is 1. The van der Waals surface area contributed by atoms with Crippen molar-refractivity contribution in [3.63, 3.8) is 0 Å². The van der Waals surface area contributed by atoms with Crippen LogP contribution in [0.5, 0.6) is 0 Å². The van der Waals surface area contributed by atoms with E-state index in [-0.39, 0.29) is 0 Å². The first-order valence-corrected chi connectivity index (χ1v) is 9.66. The van der Waals surface area contributed by atoms with Crippen molar-refractivity contribution in [1.82, 2.24) is 5.32 Å². The number of rotatable bonds is 13. The normalized spacial score (nSPS) is 12.5. The monoisotopic (exact) mass is 353 g/mol. The molecule has 0 amide bonds. The summed E-state index contributed by atoms with van der Waals surface area (Å²) in [4.78, 5) is 0.447. The van der Waals surface area contributed by atoms with E-state index in [4.69, 9.17) is 0 Å². The zero-order valence-corrected chi connectivity index (χ0v) is 15.2. The molecule has 1 rings (SSSR count). The number of hydrogen-bond donors (Lipinski definition) is 1. The van der Waals surface area contributed by atoms with E-state index < -0.39 is 0 Å². The van der Waals surface area contributed by atoms with Crippen LogP contribution < -0.4 is 5.32 Å². The average Bonchev–Trinajstić information content (AvgIpc) is 2.52. The smallest absolute Gasteiger partial charge is 0.0633 e. The minimum atomic E-state index is 0.447. The third-order valence-corrected chi connectivity index (χ3v) is 4.71. The number of nitrogens with one attached hydrogen (secondary N) is 1. The lowest BCUT2D eigenvalue weighted by atomic mass is 10.1. The zero-order chi connectivity index (χ0) is 15.2. The van der Waals surface area contributed by atoms with Crippen LogP contribution in [0.1, 0.15) is 76.7 Å². The summed E-state index contributed by atoms with van der Waals surface area (Å²) in [5, 5.41) is 3.54. The molecule has 2 heteroatoms. The molecule has 1 atom stereocenters. The van der Waals surface area contributed by atoms with E-state index >= 15 is 0 Å². The first-order valence-electron chi connectivity index (χ1n) is 8.74. The predicted molar refractivity (Wildman–Crippen MR) is 97.8 cm³/mol. The van der Waals surface area contributed by atoms with Crippen LogP contribution in [0.2, 0.25) is 0 Å². The minimum Gasteiger partial charge on any atom is -0.301 e. The molecule has 0 saturated carbocycles. The summed E-state index contributed by atoms with van der Waals surface area (Å²) in [6, 6.07) is 10.6. The molecule has 0 heterocycles. The fourth-order valence-corrected chi connectivity index (χ4v) is 3.05. The Hall–Kier alpha value is -0.340. The van der Waals surface area contributed by atoms with Crippen LogP contribution in [0.3, 0.4) is 0 Å². The highest BCUT2D eigenvalue weighted by atomic mass is 79.9. The van der Waals surface area contributed by atoms with E-state index in [1.54, 1.807) is 0 Å². The second kappa shape index (κ2) is 13.3. The van der Waals surface area contributed by atoms with Crippen LogP contribution in [0, 0.1) is 0 Å². The van der Waals surface area contributed by atoms with Crippen molar-refractivity contribution >= 4 is 15.9 Å². The van der Waals surface area contributed by atoms with Gasteiger partial charge in [0.15, 0.2) is 0 Å². The van der Waals surface area contributed by atoms with Crippen molar-refractivity contribution < 1.29 is 0 Å². The van der Waals surface area contributed by atoms with Gasteiger partial charge in [0.2, 0.25) is 0 Å². The van der Waals surface area contributed by atoms with Crippen molar-refractivity contribution in [3.05, 3.63) is 35.9 Å². The van der Waals surface area contributed by atoms with E-state index in [1.165, 1.54) is 69.8 Å². The third kappa shape index (κ3) is 11.0. The molecular weight excluding hydrogens is 322 g/mol. The van der Waals surface area contributed by atoms with Gasteiger partial charge in [-0.3, -0.25) is 0 Å². The van der Waals surface area contributed by atoms with Gasteiger partial charge in [-0.05, 0) is 12.0 Å². The molecule has 0 aliphatic rings. The second-order valence-electron chi connectivity index (χ2n) is 5.95. The van der Waals surface area contributed by atoms with Crippen LogP contribution in [0.4, 0.5) is 0 Å². The van der Waals surface area contributed by atoms with E-state index in [0.717, 1.165) is 6.54 Å². The van der Waals surface area contributed by atoms with Gasteiger partial charge in [0.25, 0.3) is 0 Å². The van der Waals surface area contributed by atoms with Crippen LogP contribution in [0.25, 0.3) is 0 Å². The Balaban J connectivity index is 1.88. The molecule has 0 aliphatic heterocycles. The van der Waals surface area contributed by atoms with E-state index in [1.807, 2.05) is 0 Å². The molecule has 0 aromatic heterocycles. The van der Waals surface area contributed by atoms with Gasteiger partial charge < -0.3 is 5.32 Å². The Morgan fingerprint density at radius 3 is 2.05 bits per heavy atom. The molecule has 120 valence electrons. The summed E-state index contributed by atoms with van der Waals surface area (Å²) in [7, 11) is 0. The van der Waals surface area contributed by atoms with Crippen LogP contribution in [0.15, 0.2) is 30.3 Å². The number of unbranched alkanes of at least 4 members (excludes halogenated alkanes) is 8. The Labute approximate surface area is 140 Å². The van der Waals surface area contributed by atoms with Crippen molar-refractivity contribution in [3.8, 4) is 0 Å². The average molecular weight is 354 g/mol. The van der Waals surface area contributed by atoms with Crippen LogP contribution in [-0.2, 0) is 6.54 Å². The number of benzene rings is 1. The van der Waals surface area contributed by atoms with Gasteiger partial charge in [-0.1, -0.05) is 111 Å². The van der Waals surface area contributed by atoms with Crippen molar-refractivity contribution in [2.75, 3.05) is 0 Å². The lowest BCUT2D eigenvalue weighted by Crippen LogP contribution is -2.22. The Morgan fingerprint density at radius 2 is 1.43 bits per heavy atom. The summed E-state index contributed by atoms with van der Waals surface area (Å²) in [6.45, 7) is 3.23. The van der Waals surface area contributed by atoms with Crippen LogP contribution >= 0.6 is 15.9 Å². The van der Waals surface area contributed by atoms with E-state index in [9.17, 15) is 0 Å². The lowest BCUT2D eigenvalue weighted by molar-refractivity contribution is 0.533. The Morgan fingerprint density at radius 1 is 0.857 bits per heavy atom. The molecule has 0 aliphatic carbocycles. The standard InChI is InChI=1S/C19H32BrN/c1-2-3-4-5-6-7-8-9-13-16-19(20)21-17-18-14-11-10-12-15-18/h10-12,14-15,19,21H,2-9,13,16-17H2,1H3. The minimum absolute atomic E-state index is 0.447. The molecule has 1 aromatic rings. The third-order valence-electron chi connectivity index (χ3n) is 3.93. The molecule has 1 nitrogen and oxygen atoms in total. The summed E-state index contributed by atoms with van der Waals surface area (Å²) < 4.78 is 0. The zero-order valence-electron chi connectivity index (χ0n) is 13.6. The Kier molecular flexibility index (Phi) is 11.9. The summed E-state index contributed by atoms with van der Waals surface area (Å²) in [6.07, 6.45) is 13.8. The second-order valence-corrected chi connectivity index (χ2v) is 7.06. The van der Waals surface area contributed by atoms with Crippen molar-refractivity contribution in [1.29, 1.82) is 0 Å². The topological polar surface area (TPSA) is 12.0 Å². The maximum absolute atomic E-state index is 3.74. The fraction of sp³-hybridized carbons (Fsp3) is 0.684. The van der Waals surface area contributed by atoms with Gasteiger partial charge in [-0.2, -0.15) is 0 Å². The number of alkyl halides is 1. The largest absolute Gasteiger partial charge is 0.301 e. The van der Waals surface area contributed by atoms with Gasteiger partial charge in [-0.25, -0.2) is 0 Å². The number of halogens is 1. The maximum Gasteiger partial charge on any atom is 0.0633 e. The summed E-state index contributed by atoms with van der Waals surface area (Å²) in [5.41, 5.74) is 1.36. The summed E-state index contributed by atoms with van der Waals surface area (Å²) >= 11 is 3.74. The highest BCUT2D eigenvalue weighted by Crippen LogP contribution is 2.13. The van der Waals surface area contributed by atoms with Gasteiger partial charge in [-0.15, -0.1) is 0 Å². The molecule has 1 unspecified atom stereocenters. The van der Waals surface area contributed by atoms with Gasteiger partial charge in [0.1, 0.15) is 0 Å². The lowest BCUT2D eigenvalue weighted by Gasteiger charge is -2.12. The molecule has 0 saturated heterocycles. The highest BCUT2D eigenvalue weighted by Gasteiger charge is 2.02. The van der Waals surface area contributed by atoms with Gasteiger partial charge in [0.05, 0.1) is 4.95 Å². The molecule has 0 spiro atoms. The first kappa shape index (κ1) is 18.7. The molecular formula is C19H32BrN. The fourth-order valence-electron chi connectivity index (χ4n) is 2.56. The maximum atomic E-state index is 3.74. The van der Waals surface area contributed by atoms with Crippen molar-refractivity contribution in [2.24, 2.45) is 0 Å². The van der Waals surface area contributed by atoms with Crippen LogP contribution in [-0.4, -0.2) is 4.95 Å². The quantitative estimate of drug-likeness (QED) is 0.245. The van der Waals surface area contributed by atoms with Crippen molar-refractivity contribution in [2.45, 2.75) is 82.6 Å². The molecule has 1 N–H and O–H groups in total. The molecule has 0 fully saturated rings.